The Bertz CT molecular complexity index is 553. The van der Waals surface area contributed by atoms with E-state index >= 15 is 0 Å². The summed E-state index contributed by atoms with van der Waals surface area (Å²) in [5.41, 5.74) is 0.906. The molecule has 1 saturated heterocycles. The van der Waals surface area contributed by atoms with E-state index in [1.807, 2.05) is 0 Å². The third-order valence-electron chi connectivity index (χ3n) is 2.85. The van der Waals surface area contributed by atoms with Crippen LogP contribution in [0.3, 0.4) is 0 Å². The molecule has 0 spiro atoms. The smallest absolute Gasteiger partial charge is 0.255 e. The SMILES string of the molecule is Cc1cc(C(=O)N2CC(=O)NC(=O)C2C)cc(Cl)n1. The Morgan fingerprint density at radius 1 is 1.47 bits per heavy atom. The number of hydrogen-bond acceptors (Lipinski definition) is 4. The van der Waals surface area contributed by atoms with Crippen molar-refractivity contribution in [3.63, 3.8) is 0 Å². The van der Waals surface area contributed by atoms with Crippen molar-refractivity contribution >= 4 is 29.3 Å². The van der Waals surface area contributed by atoms with Gasteiger partial charge in [0.1, 0.15) is 17.7 Å². The van der Waals surface area contributed by atoms with Crippen LogP contribution < -0.4 is 5.32 Å². The molecule has 2 rings (SSSR count). The maximum absolute atomic E-state index is 12.3. The van der Waals surface area contributed by atoms with Gasteiger partial charge in [-0.1, -0.05) is 11.6 Å². The Balaban J connectivity index is 2.32. The quantitative estimate of drug-likeness (QED) is 0.601. The van der Waals surface area contributed by atoms with Gasteiger partial charge in [-0.15, -0.1) is 0 Å². The van der Waals surface area contributed by atoms with Crippen molar-refractivity contribution in [1.82, 2.24) is 15.2 Å². The highest BCUT2D eigenvalue weighted by atomic mass is 35.5. The summed E-state index contributed by atoms with van der Waals surface area (Å²) in [6, 6.07) is 2.29. The van der Waals surface area contributed by atoms with E-state index in [0.29, 0.717) is 11.3 Å². The fourth-order valence-corrected chi connectivity index (χ4v) is 2.13. The summed E-state index contributed by atoms with van der Waals surface area (Å²) in [6.07, 6.45) is 0. The lowest BCUT2D eigenvalue weighted by Crippen LogP contribution is -2.58. The lowest BCUT2D eigenvalue weighted by molar-refractivity contribution is -0.138. The normalized spacial score (nSPS) is 19.3. The summed E-state index contributed by atoms with van der Waals surface area (Å²) in [6.45, 7) is 3.13. The molecular formula is C12H12ClN3O3. The molecule has 1 aromatic rings. The number of imide groups is 1. The first-order chi connectivity index (χ1) is 8.88. The molecule has 1 fully saturated rings. The van der Waals surface area contributed by atoms with Gasteiger partial charge in [0.05, 0.1) is 0 Å². The van der Waals surface area contributed by atoms with Crippen LogP contribution in [0.4, 0.5) is 0 Å². The molecule has 0 aromatic carbocycles. The van der Waals surface area contributed by atoms with Gasteiger partial charge < -0.3 is 4.90 Å². The van der Waals surface area contributed by atoms with E-state index in [1.165, 1.54) is 11.0 Å². The Hall–Kier alpha value is -1.95. The molecule has 0 saturated carbocycles. The zero-order valence-electron chi connectivity index (χ0n) is 10.4. The predicted octanol–water partition coefficient (Wildman–Crippen LogP) is 0.531. The lowest BCUT2D eigenvalue weighted by Gasteiger charge is -2.31. The van der Waals surface area contributed by atoms with Crippen LogP contribution in [-0.2, 0) is 9.59 Å². The third-order valence-corrected chi connectivity index (χ3v) is 3.05. The van der Waals surface area contributed by atoms with Gasteiger partial charge in [-0.2, -0.15) is 0 Å². The number of aryl methyl sites for hydroxylation is 1. The molecule has 0 radical (unpaired) electrons. The minimum Gasteiger partial charge on any atom is -0.318 e. The summed E-state index contributed by atoms with van der Waals surface area (Å²) in [5, 5.41) is 2.38. The zero-order chi connectivity index (χ0) is 14.2. The Morgan fingerprint density at radius 3 is 2.79 bits per heavy atom. The Morgan fingerprint density at radius 2 is 2.16 bits per heavy atom. The highest BCUT2D eigenvalue weighted by Crippen LogP contribution is 2.15. The van der Waals surface area contributed by atoms with Crippen LogP contribution in [0.15, 0.2) is 12.1 Å². The van der Waals surface area contributed by atoms with E-state index < -0.39 is 23.8 Å². The molecule has 1 aliphatic heterocycles. The Kier molecular flexibility index (Phi) is 3.53. The lowest BCUT2D eigenvalue weighted by atomic mass is 10.1. The predicted molar refractivity (Wildman–Crippen MR) is 67.6 cm³/mol. The minimum atomic E-state index is -0.697. The number of hydrogen-bond donors (Lipinski definition) is 1. The second kappa shape index (κ2) is 4.97. The van der Waals surface area contributed by atoms with Gasteiger partial charge in [0.25, 0.3) is 5.91 Å². The largest absolute Gasteiger partial charge is 0.318 e. The van der Waals surface area contributed by atoms with E-state index in [4.69, 9.17) is 11.6 Å². The van der Waals surface area contributed by atoms with Gasteiger partial charge in [-0.3, -0.25) is 19.7 Å². The van der Waals surface area contributed by atoms with Crippen molar-refractivity contribution in [3.05, 3.63) is 28.5 Å². The average molecular weight is 282 g/mol. The van der Waals surface area contributed by atoms with Gasteiger partial charge in [0.15, 0.2) is 0 Å². The number of rotatable bonds is 1. The molecule has 1 aliphatic rings. The topological polar surface area (TPSA) is 79.4 Å². The van der Waals surface area contributed by atoms with Crippen LogP contribution in [-0.4, -0.2) is 40.2 Å². The summed E-state index contributed by atoms with van der Waals surface area (Å²) in [4.78, 5) is 40.3. The minimum absolute atomic E-state index is 0.148. The molecule has 1 atom stereocenters. The number of pyridine rings is 1. The van der Waals surface area contributed by atoms with Crippen molar-refractivity contribution in [1.29, 1.82) is 0 Å². The molecule has 0 aliphatic carbocycles. The van der Waals surface area contributed by atoms with Gasteiger partial charge in [0, 0.05) is 11.3 Å². The monoisotopic (exact) mass is 281 g/mol. The van der Waals surface area contributed by atoms with Crippen LogP contribution in [0.2, 0.25) is 5.15 Å². The number of piperazine rings is 1. The number of nitrogens with one attached hydrogen (secondary N) is 1. The fourth-order valence-electron chi connectivity index (χ4n) is 1.88. The second-order valence-corrected chi connectivity index (χ2v) is 4.73. The van der Waals surface area contributed by atoms with Gasteiger partial charge in [-0.25, -0.2) is 4.98 Å². The first-order valence-corrected chi connectivity index (χ1v) is 6.05. The van der Waals surface area contributed by atoms with Crippen molar-refractivity contribution < 1.29 is 14.4 Å². The van der Waals surface area contributed by atoms with Crippen LogP contribution >= 0.6 is 11.6 Å². The molecule has 6 nitrogen and oxygen atoms in total. The van der Waals surface area contributed by atoms with Crippen molar-refractivity contribution in [3.8, 4) is 0 Å². The summed E-state index contributed by atoms with van der Waals surface area (Å²) >= 11 is 5.80. The van der Waals surface area contributed by atoms with Crippen molar-refractivity contribution in [2.24, 2.45) is 0 Å². The molecule has 0 bridgehead atoms. The summed E-state index contributed by atoms with van der Waals surface area (Å²) in [5.74, 6) is -1.39. The molecule has 1 N–H and O–H groups in total. The first kappa shape index (κ1) is 13.5. The number of aromatic nitrogens is 1. The molecule has 100 valence electrons. The maximum atomic E-state index is 12.3. The average Bonchev–Trinajstić information content (AvgIpc) is 2.31. The molecule has 7 heteroatoms. The van der Waals surface area contributed by atoms with Crippen molar-refractivity contribution in [2.45, 2.75) is 19.9 Å². The fraction of sp³-hybridized carbons (Fsp3) is 0.333. The van der Waals surface area contributed by atoms with Gasteiger partial charge >= 0.3 is 0 Å². The molecule has 19 heavy (non-hydrogen) atoms. The molecule has 3 amide bonds. The number of halogens is 1. The summed E-state index contributed by atoms with van der Waals surface area (Å²) < 4.78 is 0. The first-order valence-electron chi connectivity index (χ1n) is 5.67. The second-order valence-electron chi connectivity index (χ2n) is 4.34. The van der Waals surface area contributed by atoms with Crippen LogP contribution in [0.5, 0.6) is 0 Å². The highest BCUT2D eigenvalue weighted by Gasteiger charge is 2.34. The van der Waals surface area contributed by atoms with E-state index in [2.05, 4.69) is 10.3 Å². The van der Waals surface area contributed by atoms with E-state index in [1.54, 1.807) is 19.9 Å². The Labute approximate surface area is 114 Å². The molecule has 2 heterocycles. The number of amides is 3. The zero-order valence-corrected chi connectivity index (χ0v) is 11.2. The molecular weight excluding hydrogens is 270 g/mol. The van der Waals surface area contributed by atoms with Gasteiger partial charge in [-0.05, 0) is 26.0 Å². The van der Waals surface area contributed by atoms with Gasteiger partial charge in [0.2, 0.25) is 11.8 Å². The van der Waals surface area contributed by atoms with Crippen molar-refractivity contribution in [2.75, 3.05) is 6.54 Å². The highest BCUT2D eigenvalue weighted by molar-refractivity contribution is 6.29. The third kappa shape index (κ3) is 2.73. The van der Waals surface area contributed by atoms with Crippen LogP contribution in [0.1, 0.15) is 23.0 Å². The maximum Gasteiger partial charge on any atom is 0.255 e. The van der Waals surface area contributed by atoms with Crippen LogP contribution in [0.25, 0.3) is 0 Å². The van der Waals surface area contributed by atoms with E-state index in [9.17, 15) is 14.4 Å². The summed E-state index contributed by atoms with van der Waals surface area (Å²) in [7, 11) is 0. The molecule has 1 unspecified atom stereocenters. The molecule has 1 aromatic heterocycles. The number of carbonyl (C=O) groups excluding carboxylic acids is 3. The number of nitrogens with zero attached hydrogens (tertiary/aromatic N) is 2. The van der Waals surface area contributed by atoms with E-state index in [0.717, 1.165) is 0 Å². The van der Waals surface area contributed by atoms with E-state index in [-0.39, 0.29) is 11.7 Å². The number of carbonyl (C=O) groups is 3. The van der Waals surface area contributed by atoms with Crippen LogP contribution in [0, 0.1) is 6.92 Å². The standard InChI is InChI=1S/C12H12ClN3O3/c1-6-3-8(4-9(13)14-6)12(19)16-5-10(17)15-11(18)7(16)2/h3-4,7H,5H2,1-2H3,(H,15,17,18).